The summed E-state index contributed by atoms with van der Waals surface area (Å²) in [4.78, 5) is 3.77. The molecule has 0 spiro atoms. The van der Waals surface area contributed by atoms with Gasteiger partial charge in [-0.05, 0) is 35.5 Å². The van der Waals surface area contributed by atoms with E-state index in [4.69, 9.17) is 15.5 Å². The Morgan fingerprint density at radius 2 is 2.10 bits per heavy atom. The molecule has 3 N–H and O–H groups in total. The number of fused-ring (bicyclic) bond motifs is 1. The Labute approximate surface area is 176 Å². The molecule has 4 rings (SSSR count). The molecule has 2 aromatic rings. The number of amidine groups is 1. The maximum absolute atomic E-state index is 10.1. The third kappa shape index (κ3) is 3.58. The van der Waals surface area contributed by atoms with E-state index in [-0.39, 0.29) is 5.92 Å². The normalized spacial score (nSPS) is 16.2. The molecule has 2 aromatic carbocycles. The van der Waals surface area contributed by atoms with Gasteiger partial charge in [0, 0.05) is 31.6 Å². The van der Waals surface area contributed by atoms with Crippen LogP contribution in [0.3, 0.4) is 0 Å². The van der Waals surface area contributed by atoms with Gasteiger partial charge in [-0.15, -0.1) is 0 Å². The summed E-state index contributed by atoms with van der Waals surface area (Å²) in [5.74, 6) is 0.573. The van der Waals surface area contributed by atoms with Crippen molar-refractivity contribution < 1.29 is 9.68 Å². The molecule has 2 aliphatic heterocycles. The van der Waals surface area contributed by atoms with E-state index in [1.807, 2.05) is 36.4 Å². The molecule has 2 aliphatic rings. The minimum absolute atomic E-state index is 0.109. The highest BCUT2D eigenvalue weighted by Crippen LogP contribution is 2.36. The van der Waals surface area contributed by atoms with Crippen LogP contribution in [0.2, 0.25) is 0 Å². The van der Waals surface area contributed by atoms with Crippen molar-refractivity contribution >= 4 is 30.4 Å². The molecule has 2 heterocycles. The molecule has 1 fully saturated rings. The summed E-state index contributed by atoms with van der Waals surface area (Å²) in [7, 11) is 0.826. The Balaban J connectivity index is 1.65. The molecule has 30 heavy (non-hydrogen) atoms. The van der Waals surface area contributed by atoms with E-state index in [1.54, 1.807) is 11.9 Å². The number of anilines is 1. The van der Waals surface area contributed by atoms with Crippen LogP contribution in [0.15, 0.2) is 36.4 Å². The SMILES string of the molecule is CN(C=N)C(=N)C1CCN(c2c(C#N)cccc2-c2ccc3c(c2)B(O)OC3)CC1. The minimum atomic E-state index is -0.907. The second-order valence-electron chi connectivity index (χ2n) is 7.78. The number of para-hydroxylation sites is 1. The topological polar surface area (TPSA) is 107 Å². The van der Waals surface area contributed by atoms with Gasteiger partial charge < -0.3 is 19.5 Å². The highest BCUT2D eigenvalue weighted by molar-refractivity contribution is 6.61. The molecule has 0 amide bonds. The van der Waals surface area contributed by atoms with Gasteiger partial charge in [0.2, 0.25) is 0 Å². The lowest BCUT2D eigenvalue weighted by Gasteiger charge is -2.36. The highest BCUT2D eigenvalue weighted by Gasteiger charge is 2.29. The maximum Gasteiger partial charge on any atom is 0.491 e. The number of nitrogens with zero attached hydrogens (tertiary/aromatic N) is 3. The van der Waals surface area contributed by atoms with Crippen molar-refractivity contribution in [3.8, 4) is 17.2 Å². The van der Waals surface area contributed by atoms with Crippen molar-refractivity contribution in [1.29, 1.82) is 16.1 Å². The second kappa shape index (κ2) is 8.30. The van der Waals surface area contributed by atoms with Crippen LogP contribution in [-0.2, 0) is 11.3 Å². The van der Waals surface area contributed by atoms with Gasteiger partial charge >= 0.3 is 7.12 Å². The standard InChI is InChI=1S/C22H24BN5O2/c1-27(14-25)22(26)15-7-9-28(10-8-15)21-17(12-24)3-2-4-19(21)16-5-6-18-13-30-23(29)20(18)11-16/h2-6,11,14-15,25-26,29H,7-10,13H2,1H3. The summed E-state index contributed by atoms with van der Waals surface area (Å²) in [5, 5.41) is 35.5. The fourth-order valence-electron chi connectivity index (χ4n) is 4.32. The molecule has 0 atom stereocenters. The number of nitriles is 1. The molecular weight excluding hydrogens is 377 g/mol. The summed E-state index contributed by atoms with van der Waals surface area (Å²) in [6.45, 7) is 1.88. The van der Waals surface area contributed by atoms with Gasteiger partial charge in [0.15, 0.2) is 0 Å². The fraction of sp³-hybridized carbons (Fsp3) is 0.318. The van der Waals surface area contributed by atoms with E-state index in [0.29, 0.717) is 18.0 Å². The molecular formula is C22H24BN5O2. The monoisotopic (exact) mass is 401 g/mol. The summed E-state index contributed by atoms with van der Waals surface area (Å²) in [6.07, 6.45) is 2.77. The van der Waals surface area contributed by atoms with Crippen LogP contribution in [0.5, 0.6) is 0 Å². The van der Waals surface area contributed by atoms with E-state index in [0.717, 1.165) is 53.8 Å². The van der Waals surface area contributed by atoms with Gasteiger partial charge in [0.25, 0.3) is 0 Å². The molecule has 0 unspecified atom stereocenters. The van der Waals surface area contributed by atoms with Gasteiger partial charge in [0.1, 0.15) is 11.9 Å². The molecule has 0 radical (unpaired) electrons. The zero-order valence-electron chi connectivity index (χ0n) is 16.9. The zero-order chi connectivity index (χ0) is 21.3. The van der Waals surface area contributed by atoms with Crippen LogP contribution in [-0.4, -0.2) is 49.4 Å². The van der Waals surface area contributed by atoms with Gasteiger partial charge in [-0.3, -0.25) is 10.8 Å². The van der Waals surface area contributed by atoms with Crippen LogP contribution in [0.25, 0.3) is 11.1 Å². The first-order valence-electron chi connectivity index (χ1n) is 10.1. The van der Waals surface area contributed by atoms with E-state index < -0.39 is 7.12 Å². The Hall–Kier alpha value is -3.15. The minimum Gasteiger partial charge on any atom is -0.423 e. The van der Waals surface area contributed by atoms with Crippen LogP contribution in [0.4, 0.5) is 5.69 Å². The highest BCUT2D eigenvalue weighted by atomic mass is 16.5. The number of nitrogens with one attached hydrogen (secondary N) is 2. The Kier molecular flexibility index (Phi) is 5.58. The fourth-order valence-corrected chi connectivity index (χ4v) is 4.32. The molecule has 152 valence electrons. The van der Waals surface area contributed by atoms with Gasteiger partial charge in [-0.2, -0.15) is 5.26 Å². The van der Waals surface area contributed by atoms with Gasteiger partial charge in [0.05, 0.1) is 24.2 Å². The average Bonchev–Trinajstić information content (AvgIpc) is 3.17. The predicted molar refractivity (Wildman–Crippen MR) is 118 cm³/mol. The van der Waals surface area contributed by atoms with E-state index in [2.05, 4.69) is 11.0 Å². The van der Waals surface area contributed by atoms with Crippen LogP contribution < -0.4 is 10.4 Å². The predicted octanol–water partition coefficient (Wildman–Crippen LogP) is 2.18. The van der Waals surface area contributed by atoms with Crippen LogP contribution >= 0.6 is 0 Å². The summed E-state index contributed by atoms with van der Waals surface area (Å²) < 4.78 is 5.32. The number of piperidine rings is 1. The van der Waals surface area contributed by atoms with E-state index in [9.17, 15) is 10.3 Å². The summed E-state index contributed by atoms with van der Waals surface area (Å²) in [6, 6.07) is 14.0. The summed E-state index contributed by atoms with van der Waals surface area (Å²) in [5.41, 5.74) is 5.19. The van der Waals surface area contributed by atoms with Crippen molar-refractivity contribution in [2.45, 2.75) is 19.4 Å². The number of benzene rings is 2. The smallest absolute Gasteiger partial charge is 0.423 e. The third-order valence-electron chi connectivity index (χ3n) is 6.05. The molecule has 7 nitrogen and oxygen atoms in total. The van der Waals surface area contributed by atoms with Crippen molar-refractivity contribution in [3.63, 3.8) is 0 Å². The molecule has 0 saturated carbocycles. The maximum atomic E-state index is 10.1. The first-order valence-corrected chi connectivity index (χ1v) is 10.1. The van der Waals surface area contributed by atoms with E-state index >= 15 is 0 Å². The van der Waals surface area contributed by atoms with Gasteiger partial charge in [-0.1, -0.05) is 30.3 Å². The Morgan fingerprint density at radius 1 is 1.33 bits per heavy atom. The second-order valence-corrected chi connectivity index (χ2v) is 7.78. The van der Waals surface area contributed by atoms with Crippen LogP contribution in [0, 0.1) is 28.1 Å². The average molecular weight is 401 g/mol. The number of rotatable bonds is 4. The lowest BCUT2D eigenvalue weighted by molar-refractivity contribution is 0.275. The Morgan fingerprint density at radius 3 is 2.80 bits per heavy atom. The number of hydrogen-bond acceptors (Lipinski definition) is 6. The lowest BCUT2D eigenvalue weighted by atomic mass is 9.78. The molecule has 0 bridgehead atoms. The first-order chi connectivity index (χ1) is 14.5. The first kappa shape index (κ1) is 20.1. The van der Waals surface area contributed by atoms with Crippen molar-refractivity contribution in [2.24, 2.45) is 5.92 Å². The Bertz CT molecular complexity index is 1030. The number of hydrogen-bond donors (Lipinski definition) is 3. The van der Waals surface area contributed by atoms with Crippen molar-refractivity contribution in [3.05, 3.63) is 47.5 Å². The molecule has 0 aromatic heterocycles. The van der Waals surface area contributed by atoms with E-state index in [1.165, 1.54) is 6.34 Å². The zero-order valence-corrected chi connectivity index (χ0v) is 16.9. The molecule has 1 saturated heterocycles. The third-order valence-corrected chi connectivity index (χ3v) is 6.05. The lowest BCUT2D eigenvalue weighted by Crippen LogP contribution is -2.41. The quantitative estimate of drug-likeness (QED) is 0.414. The molecule has 0 aliphatic carbocycles. The van der Waals surface area contributed by atoms with Crippen molar-refractivity contribution in [1.82, 2.24) is 4.90 Å². The largest absolute Gasteiger partial charge is 0.491 e. The van der Waals surface area contributed by atoms with Crippen molar-refractivity contribution in [2.75, 3.05) is 25.0 Å². The summed E-state index contributed by atoms with van der Waals surface area (Å²) >= 11 is 0. The molecule has 8 heteroatoms. The van der Waals surface area contributed by atoms with Gasteiger partial charge in [-0.25, -0.2) is 0 Å². The van der Waals surface area contributed by atoms with Crippen LogP contribution in [0.1, 0.15) is 24.0 Å².